The van der Waals surface area contributed by atoms with Gasteiger partial charge >= 0.3 is 0 Å². The second kappa shape index (κ2) is 7.36. The first-order valence-corrected chi connectivity index (χ1v) is 8.12. The number of nitrogens with zero attached hydrogens (tertiary/aromatic N) is 2. The number of likely N-dealkylation sites (tertiary alicyclic amines) is 1. The van der Waals surface area contributed by atoms with Gasteiger partial charge in [-0.3, -0.25) is 9.78 Å². The molecule has 0 aliphatic carbocycles. The molecule has 0 spiro atoms. The van der Waals surface area contributed by atoms with Crippen LogP contribution in [-0.2, 0) is 17.6 Å². The summed E-state index contributed by atoms with van der Waals surface area (Å²) in [6, 6.07) is 10.3. The summed E-state index contributed by atoms with van der Waals surface area (Å²) in [4.78, 5) is 18.3. The Morgan fingerprint density at radius 1 is 1.04 bits per heavy atom. The lowest BCUT2D eigenvalue weighted by Gasteiger charge is -2.32. The quantitative estimate of drug-likeness (QED) is 0.868. The second-order valence-electron chi connectivity index (χ2n) is 6.19. The molecule has 0 atom stereocenters. The molecular weight excluding hydrogens is 291 g/mol. The molecule has 0 bridgehead atoms. The third-order valence-corrected chi connectivity index (χ3v) is 4.51. The number of amides is 1. The number of halogens is 1. The minimum atomic E-state index is -0.266. The highest BCUT2D eigenvalue weighted by atomic mass is 19.1. The van der Waals surface area contributed by atoms with Crippen LogP contribution >= 0.6 is 0 Å². The predicted octanol–water partition coefficient (Wildman–Crippen LogP) is 3.24. The molecule has 0 saturated carbocycles. The number of aromatic nitrogens is 1. The van der Waals surface area contributed by atoms with Gasteiger partial charge in [0.1, 0.15) is 5.82 Å². The van der Waals surface area contributed by atoms with Gasteiger partial charge in [-0.1, -0.05) is 12.1 Å². The molecule has 0 radical (unpaired) electrons. The molecule has 1 aliphatic heterocycles. The fourth-order valence-corrected chi connectivity index (χ4v) is 3.13. The highest BCUT2D eigenvalue weighted by Gasteiger charge is 2.22. The molecule has 3 rings (SSSR count). The van der Waals surface area contributed by atoms with E-state index in [0.29, 0.717) is 12.3 Å². The van der Waals surface area contributed by atoms with Gasteiger partial charge in [0.25, 0.3) is 0 Å². The van der Waals surface area contributed by atoms with Crippen LogP contribution in [0.3, 0.4) is 0 Å². The van der Waals surface area contributed by atoms with Crippen LogP contribution in [-0.4, -0.2) is 28.9 Å². The first-order chi connectivity index (χ1) is 11.2. The second-order valence-corrected chi connectivity index (χ2v) is 6.19. The van der Waals surface area contributed by atoms with E-state index in [1.165, 1.54) is 17.7 Å². The van der Waals surface area contributed by atoms with E-state index >= 15 is 0 Å². The van der Waals surface area contributed by atoms with Crippen molar-refractivity contribution in [2.24, 2.45) is 5.92 Å². The number of rotatable bonds is 4. The number of hydrogen-bond acceptors (Lipinski definition) is 2. The van der Waals surface area contributed by atoms with Crippen LogP contribution in [0, 0.1) is 11.7 Å². The summed E-state index contributed by atoms with van der Waals surface area (Å²) in [6.07, 6.45) is 7.15. The van der Waals surface area contributed by atoms with Gasteiger partial charge in [0.2, 0.25) is 5.91 Å². The first-order valence-electron chi connectivity index (χ1n) is 8.12. The zero-order valence-corrected chi connectivity index (χ0v) is 13.1. The van der Waals surface area contributed by atoms with Crippen LogP contribution in [0.15, 0.2) is 48.8 Å². The molecule has 2 aromatic rings. The van der Waals surface area contributed by atoms with Crippen LogP contribution in [0.4, 0.5) is 4.39 Å². The van der Waals surface area contributed by atoms with Crippen molar-refractivity contribution in [3.05, 3.63) is 65.7 Å². The molecule has 2 heterocycles. The van der Waals surface area contributed by atoms with Crippen molar-refractivity contribution in [1.82, 2.24) is 9.88 Å². The van der Waals surface area contributed by atoms with E-state index in [4.69, 9.17) is 0 Å². The summed E-state index contributed by atoms with van der Waals surface area (Å²) >= 11 is 0. The molecule has 1 amide bonds. The number of carbonyl (C=O) groups excluding carboxylic acids is 1. The van der Waals surface area contributed by atoms with Crippen molar-refractivity contribution in [2.75, 3.05) is 13.1 Å². The Labute approximate surface area is 136 Å². The zero-order chi connectivity index (χ0) is 16.1. The topological polar surface area (TPSA) is 33.2 Å². The Morgan fingerprint density at radius 2 is 1.70 bits per heavy atom. The molecule has 1 saturated heterocycles. The standard InChI is InChI=1S/C19H21FN2O/c20-18-3-1-15(2-4-18)14-19(23)22-11-7-17(8-12-22)13-16-5-9-21-10-6-16/h1-6,9-10,17H,7-8,11-14H2. The third-order valence-electron chi connectivity index (χ3n) is 4.51. The lowest BCUT2D eigenvalue weighted by molar-refractivity contribution is -0.131. The smallest absolute Gasteiger partial charge is 0.226 e. The van der Waals surface area contributed by atoms with Gasteiger partial charge in [0.15, 0.2) is 0 Å². The van der Waals surface area contributed by atoms with Crippen LogP contribution in [0.25, 0.3) is 0 Å². The predicted molar refractivity (Wildman–Crippen MR) is 87.3 cm³/mol. The monoisotopic (exact) mass is 312 g/mol. The highest BCUT2D eigenvalue weighted by molar-refractivity contribution is 5.78. The van der Waals surface area contributed by atoms with E-state index in [1.54, 1.807) is 12.1 Å². The number of carbonyl (C=O) groups is 1. The van der Waals surface area contributed by atoms with Crippen molar-refractivity contribution in [2.45, 2.75) is 25.7 Å². The summed E-state index contributed by atoms with van der Waals surface area (Å²) in [5.41, 5.74) is 2.19. The maximum Gasteiger partial charge on any atom is 0.226 e. The first kappa shape index (κ1) is 15.7. The largest absolute Gasteiger partial charge is 0.342 e. The number of benzene rings is 1. The average molecular weight is 312 g/mol. The van der Waals surface area contributed by atoms with Gasteiger partial charge in [-0.05, 0) is 60.6 Å². The Hall–Kier alpha value is -2.23. The molecule has 1 aromatic carbocycles. The Balaban J connectivity index is 1.48. The molecule has 3 nitrogen and oxygen atoms in total. The fourth-order valence-electron chi connectivity index (χ4n) is 3.13. The number of piperidine rings is 1. The molecule has 1 aromatic heterocycles. The van der Waals surface area contributed by atoms with Gasteiger partial charge < -0.3 is 4.90 Å². The maximum atomic E-state index is 12.9. The van der Waals surface area contributed by atoms with E-state index in [2.05, 4.69) is 17.1 Å². The van der Waals surface area contributed by atoms with Gasteiger partial charge in [0, 0.05) is 25.5 Å². The molecule has 1 fully saturated rings. The summed E-state index contributed by atoms with van der Waals surface area (Å²) < 4.78 is 12.9. The van der Waals surface area contributed by atoms with E-state index in [-0.39, 0.29) is 11.7 Å². The van der Waals surface area contributed by atoms with E-state index in [0.717, 1.165) is 37.9 Å². The number of hydrogen-bond donors (Lipinski definition) is 0. The molecule has 4 heteroatoms. The molecule has 120 valence electrons. The van der Waals surface area contributed by atoms with Crippen molar-refractivity contribution in [3.8, 4) is 0 Å². The van der Waals surface area contributed by atoms with Gasteiger partial charge in [-0.25, -0.2) is 4.39 Å². The fraction of sp³-hybridized carbons (Fsp3) is 0.368. The van der Waals surface area contributed by atoms with Gasteiger partial charge in [-0.15, -0.1) is 0 Å². The van der Waals surface area contributed by atoms with Crippen LogP contribution in [0.5, 0.6) is 0 Å². The Kier molecular flexibility index (Phi) is 5.01. The van der Waals surface area contributed by atoms with Crippen LogP contribution in [0.2, 0.25) is 0 Å². The van der Waals surface area contributed by atoms with Crippen molar-refractivity contribution in [3.63, 3.8) is 0 Å². The number of pyridine rings is 1. The molecule has 23 heavy (non-hydrogen) atoms. The summed E-state index contributed by atoms with van der Waals surface area (Å²) in [7, 11) is 0. The Bertz CT molecular complexity index is 634. The summed E-state index contributed by atoms with van der Waals surface area (Å²) in [5.74, 6) is 0.504. The van der Waals surface area contributed by atoms with Crippen molar-refractivity contribution >= 4 is 5.91 Å². The molecule has 0 unspecified atom stereocenters. The van der Waals surface area contributed by atoms with Crippen LogP contribution in [0.1, 0.15) is 24.0 Å². The lowest BCUT2D eigenvalue weighted by atomic mass is 9.90. The van der Waals surface area contributed by atoms with E-state index in [1.807, 2.05) is 17.3 Å². The van der Waals surface area contributed by atoms with Crippen molar-refractivity contribution in [1.29, 1.82) is 0 Å². The van der Waals surface area contributed by atoms with Crippen LogP contribution < -0.4 is 0 Å². The molecule has 0 N–H and O–H groups in total. The summed E-state index contributed by atoms with van der Waals surface area (Å²) in [6.45, 7) is 1.63. The van der Waals surface area contributed by atoms with Gasteiger partial charge in [0.05, 0.1) is 6.42 Å². The SMILES string of the molecule is O=C(Cc1ccc(F)cc1)N1CCC(Cc2ccncc2)CC1. The maximum absolute atomic E-state index is 12.9. The minimum Gasteiger partial charge on any atom is -0.342 e. The normalized spacial score (nSPS) is 15.6. The third kappa shape index (κ3) is 4.38. The minimum absolute atomic E-state index is 0.138. The van der Waals surface area contributed by atoms with E-state index in [9.17, 15) is 9.18 Å². The highest BCUT2D eigenvalue weighted by Crippen LogP contribution is 2.22. The van der Waals surface area contributed by atoms with E-state index < -0.39 is 0 Å². The zero-order valence-electron chi connectivity index (χ0n) is 13.1. The van der Waals surface area contributed by atoms with Crippen molar-refractivity contribution < 1.29 is 9.18 Å². The molecule has 1 aliphatic rings. The summed E-state index contributed by atoms with van der Waals surface area (Å²) in [5, 5.41) is 0. The Morgan fingerprint density at radius 3 is 2.35 bits per heavy atom. The lowest BCUT2D eigenvalue weighted by Crippen LogP contribution is -2.39. The molecular formula is C19H21FN2O. The van der Waals surface area contributed by atoms with Gasteiger partial charge in [-0.2, -0.15) is 0 Å². The average Bonchev–Trinajstić information content (AvgIpc) is 2.58.